The molecule has 2 rings (SSSR count). The topological polar surface area (TPSA) is 23.6 Å². The van der Waals surface area contributed by atoms with Crippen molar-refractivity contribution in [3.8, 4) is 0 Å². The van der Waals surface area contributed by atoms with Crippen molar-refractivity contribution in [2.75, 3.05) is 19.8 Å². The molecule has 0 unspecified atom stereocenters. The smallest absolute Gasteiger partial charge is 0.152 e. The van der Waals surface area contributed by atoms with E-state index in [4.69, 9.17) is 0 Å². The fraction of sp³-hybridized carbons (Fsp3) is 0.550. The fourth-order valence-electron chi connectivity index (χ4n) is 2.92. The first-order chi connectivity index (χ1) is 11.7. The minimum absolute atomic E-state index is 0.230. The van der Waals surface area contributed by atoms with E-state index in [1.807, 2.05) is 6.20 Å². The molecule has 0 fully saturated rings. The normalized spacial score (nSPS) is 13.8. The summed E-state index contributed by atoms with van der Waals surface area (Å²) in [5.74, 6) is -0.00385. The number of hydrogen-bond donors (Lipinski definition) is 0. The third-order valence-electron chi connectivity index (χ3n) is 4.39. The molecule has 1 aromatic rings. The number of ketones is 1. The molecule has 0 saturated carbocycles. The Bertz CT molecular complexity index is 527. The summed E-state index contributed by atoms with van der Waals surface area (Å²) in [6.45, 7) is 4.58. The summed E-state index contributed by atoms with van der Waals surface area (Å²) in [6, 6.07) is 6.39. The molecule has 0 bridgehead atoms. The molecular formula is C20H29FN2O. The van der Waals surface area contributed by atoms with Gasteiger partial charge in [0.15, 0.2) is 5.78 Å². The lowest BCUT2D eigenvalue weighted by Gasteiger charge is -2.20. The molecule has 24 heavy (non-hydrogen) atoms. The van der Waals surface area contributed by atoms with E-state index in [1.54, 1.807) is 12.1 Å². The first-order valence-corrected chi connectivity index (χ1v) is 9.10. The van der Waals surface area contributed by atoms with E-state index in [1.165, 1.54) is 44.2 Å². The molecule has 1 aliphatic rings. The summed E-state index contributed by atoms with van der Waals surface area (Å²) in [7, 11) is 0. The predicted octanol–water partition coefficient (Wildman–Crippen LogP) is 4.34. The summed E-state index contributed by atoms with van der Waals surface area (Å²) in [5, 5.41) is 0. The number of halogens is 1. The predicted molar refractivity (Wildman–Crippen MR) is 95.9 cm³/mol. The van der Waals surface area contributed by atoms with Crippen LogP contribution in [0.25, 0.3) is 0 Å². The van der Waals surface area contributed by atoms with Crippen molar-refractivity contribution in [2.24, 2.45) is 0 Å². The van der Waals surface area contributed by atoms with Crippen LogP contribution in [0.2, 0.25) is 0 Å². The van der Waals surface area contributed by atoms with Crippen LogP contribution in [0.3, 0.4) is 0 Å². The average Bonchev–Trinajstić information content (AvgIpc) is 3.01. The highest BCUT2D eigenvalue weighted by atomic mass is 19.1. The molecule has 132 valence electrons. The molecular weight excluding hydrogens is 303 g/mol. The van der Waals surface area contributed by atoms with Crippen molar-refractivity contribution >= 4 is 5.78 Å². The van der Waals surface area contributed by atoms with Crippen LogP contribution in [0.4, 0.5) is 4.39 Å². The lowest BCUT2D eigenvalue weighted by atomic mass is 10.1. The van der Waals surface area contributed by atoms with E-state index in [0.717, 1.165) is 18.8 Å². The molecule has 0 aliphatic carbocycles. The van der Waals surface area contributed by atoms with Crippen molar-refractivity contribution < 1.29 is 9.18 Å². The number of Topliss-reactive ketones (excluding diaryl/α,β-unsaturated/α-hetero) is 1. The van der Waals surface area contributed by atoms with Gasteiger partial charge in [-0.15, -0.1) is 0 Å². The highest BCUT2D eigenvalue weighted by Gasteiger charge is 2.14. The standard InChI is InChI=1S/C20H29FN2O/c1-2-3-4-5-6-13-22-14-15-23(17-22)16-20(24)12-9-18-7-10-19(21)11-8-18/h7-8,10-11,14-15H,2-6,9,12-13,16-17H2,1H3. The largest absolute Gasteiger partial charge is 0.359 e. The molecule has 0 spiro atoms. The van der Waals surface area contributed by atoms with Crippen LogP contribution in [-0.2, 0) is 11.2 Å². The number of benzene rings is 1. The molecule has 0 amide bonds. The Morgan fingerprint density at radius 1 is 1.04 bits per heavy atom. The van der Waals surface area contributed by atoms with E-state index < -0.39 is 0 Å². The van der Waals surface area contributed by atoms with Gasteiger partial charge in [-0.2, -0.15) is 0 Å². The van der Waals surface area contributed by atoms with E-state index in [0.29, 0.717) is 19.4 Å². The maximum absolute atomic E-state index is 12.9. The number of rotatable bonds is 11. The van der Waals surface area contributed by atoms with Crippen LogP contribution in [0, 0.1) is 5.82 Å². The Balaban J connectivity index is 1.59. The third-order valence-corrected chi connectivity index (χ3v) is 4.39. The van der Waals surface area contributed by atoms with Gasteiger partial charge in [-0.25, -0.2) is 4.39 Å². The number of carbonyl (C=O) groups is 1. The van der Waals surface area contributed by atoms with Gasteiger partial charge in [-0.05, 0) is 30.5 Å². The first kappa shape index (κ1) is 18.5. The van der Waals surface area contributed by atoms with Crippen LogP contribution in [-0.4, -0.2) is 35.3 Å². The zero-order chi connectivity index (χ0) is 17.2. The Morgan fingerprint density at radius 2 is 1.75 bits per heavy atom. The molecule has 0 atom stereocenters. The SMILES string of the molecule is CCCCCCCN1C=CN(CC(=O)CCc2ccc(F)cc2)C1. The number of carbonyl (C=O) groups excluding carboxylic acids is 1. The van der Waals surface area contributed by atoms with E-state index >= 15 is 0 Å². The van der Waals surface area contributed by atoms with Gasteiger partial charge in [0.1, 0.15) is 5.82 Å². The van der Waals surface area contributed by atoms with E-state index in [-0.39, 0.29) is 11.6 Å². The van der Waals surface area contributed by atoms with Gasteiger partial charge >= 0.3 is 0 Å². The number of hydrogen-bond acceptors (Lipinski definition) is 3. The summed E-state index contributed by atoms with van der Waals surface area (Å²) >= 11 is 0. The summed E-state index contributed by atoms with van der Waals surface area (Å²) in [6.07, 6.45) is 11.7. The summed E-state index contributed by atoms with van der Waals surface area (Å²) < 4.78 is 12.9. The second kappa shape index (κ2) is 10.1. The Kier molecular flexibility index (Phi) is 7.80. The lowest BCUT2D eigenvalue weighted by molar-refractivity contribution is -0.119. The first-order valence-electron chi connectivity index (χ1n) is 9.10. The van der Waals surface area contributed by atoms with Crippen molar-refractivity contribution in [3.05, 3.63) is 48.0 Å². The fourth-order valence-corrected chi connectivity index (χ4v) is 2.92. The quantitative estimate of drug-likeness (QED) is 0.563. The van der Waals surface area contributed by atoms with Crippen LogP contribution in [0.15, 0.2) is 36.7 Å². The minimum Gasteiger partial charge on any atom is -0.359 e. The van der Waals surface area contributed by atoms with Crippen LogP contribution in [0.1, 0.15) is 51.0 Å². The van der Waals surface area contributed by atoms with Gasteiger partial charge < -0.3 is 9.80 Å². The molecule has 1 aromatic carbocycles. The lowest BCUT2D eigenvalue weighted by Crippen LogP contribution is -2.30. The monoisotopic (exact) mass is 332 g/mol. The number of nitrogens with zero attached hydrogens (tertiary/aromatic N) is 2. The van der Waals surface area contributed by atoms with Crippen LogP contribution < -0.4 is 0 Å². The van der Waals surface area contributed by atoms with E-state index in [9.17, 15) is 9.18 Å². The molecule has 1 aliphatic heterocycles. The molecule has 3 nitrogen and oxygen atoms in total. The van der Waals surface area contributed by atoms with Crippen molar-refractivity contribution in [1.29, 1.82) is 0 Å². The van der Waals surface area contributed by atoms with Gasteiger partial charge in [-0.1, -0.05) is 44.7 Å². The third kappa shape index (κ3) is 6.73. The van der Waals surface area contributed by atoms with Gasteiger partial charge in [0.2, 0.25) is 0 Å². The molecule has 0 saturated heterocycles. The molecule has 1 heterocycles. The summed E-state index contributed by atoms with van der Waals surface area (Å²) in [5.41, 5.74) is 1.01. The molecule has 0 aromatic heterocycles. The minimum atomic E-state index is -0.234. The van der Waals surface area contributed by atoms with Crippen molar-refractivity contribution in [2.45, 2.75) is 51.9 Å². The second-order valence-corrected chi connectivity index (χ2v) is 6.58. The Morgan fingerprint density at radius 3 is 2.50 bits per heavy atom. The van der Waals surface area contributed by atoms with Gasteiger partial charge in [0, 0.05) is 25.4 Å². The average molecular weight is 332 g/mol. The molecule has 0 radical (unpaired) electrons. The van der Waals surface area contributed by atoms with Gasteiger partial charge in [0.25, 0.3) is 0 Å². The molecule has 4 heteroatoms. The van der Waals surface area contributed by atoms with Gasteiger partial charge in [0.05, 0.1) is 13.2 Å². The van der Waals surface area contributed by atoms with Gasteiger partial charge in [-0.3, -0.25) is 4.79 Å². The maximum Gasteiger partial charge on any atom is 0.152 e. The zero-order valence-corrected chi connectivity index (χ0v) is 14.7. The van der Waals surface area contributed by atoms with Crippen LogP contribution in [0.5, 0.6) is 0 Å². The maximum atomic E-state index is 12.9. The molecule has 0 N–H and O–H groups in total. The Hall–Kier alpha value is -1.84. The summed E-state index contributed by atoms with van der Waals surface area (Å²) in [4.78, 5) is 16.5. The second-order valence-electron chi connectivity index (χ2n) is 6.58. The van der Waals surface area contributed by atoms with Crippen molar-refractivity contribution in [3.63, 3.8) is 0 Å². The highest BCUT2D eigenvalue weighted by molar-refractivity contribution is 5.80. The Labute approximate surface area is 145 Å². The van der Waals surface area contributed by atoms with Crippen LogP contribution >= 0.6 is 0 Å². The van der Waals surface area contributed by atoms with E-state index in [2.05, 4.69) is 22.9 Å². The zero-order valence-electron chi connectivity index (χ0n) is 14.7. The van der Waals surface area contributed by atoms with Crippen molar-refractivity contribution in [1.82, 2.24) is 9.80 Å². The highest BCUT2D eigenvalue weighted by Crippen LogP contribution is 2.11. The number of aryl methyl sites for hydroxylation is 1. The number of unbranched alkanes of at least 4 members (excludes halogenated alkanes) is 4.